The van der Waals surface area contributed by atoms with Crippen LogP contribution in [0.5, 0.6) is 17.2 Å². The fourth-order valence-corrected chi connectivity index (χ4v) is 5.40. The van der Waals surface area contributed by atoms with Crippen molar-refractivity contribution in [3.63, 3.8) is 0 Å². The van der Waals surface area contributed by atoms with Crippen molar-refractivity contribution >= 4 is 38.8 Å². The molecule has 1 amide bonds. The molecule has 0 atom stereocenters. The maximum absolute atomic E-state index is 13.8. The molecule has 7 nitrogen and oxygen atoms in total. The summed E-state index contributed by atoms with van der Waals surface area (Å²) in [5, 5.41) is 6.14. The third-order valence-corrected chi connectivity index (χ3v) is 7.31. The Morgan fingerprint density at radius 1 is 0.973 bits per heavy atom. The van der Waals surface area contributed by atoms with Crippen LogP contribution >= 0.6 is 11.3 Å². The van der Waals surface area contributed by atoms with Crippen LogP contribution in [0.15, 0.2) is 53.6 Å². The first-order valence-electron chi connectivity index (χ1n) is 11.9. The highest BCUT2D eigenvalue weighted by Gasteiger charge is 2.23. The predicted octanol–water partition coefficient (Wildman–Crippen LogP) is 6.02. The van der Waals surface area contributed by atoms with E-state index in [1.165, 1.54) is 67.1 Å². The number of carbonyl (C=O) groups excluding carboxylic acids is 1. The van der Waals surface area contributed by atoms with Gasteiger partial charge in [0.05, 0.1) is 37.8 Å². The summed E-state index contributed by atoms with van der Waals surface area (Å²) in [4.78, 5) is 18.3. The summed E-state index contributed by atoms with van der Waals surface area (Å²) in [6, 6.07) is 13.6. The van der Waals surface area contributed by atoms with E-state index in [-0.39, 0.29) is 11.7 Å². The lowest BCUT2D eigenvalue weighted by molar-refractivity contribution is 0.0987. The summed E-state index contributed by atoms with van der Waals surface area (Å²) >= 11 is 1.20. The maximum Gasteiger partial charge on any atom is 0.280 e. The van der Waals surface area contributed by atoms with Crippen molar-refractivity contribution in [2.45, 2.75) is 25.7 Å². The molecular formula is C28H26FN3O4S. The molecule has 1 aliphatic carbocycles. The quantitative estimate of drug-likeness (QED) is 0.221. The number of halogens is 1. The fraction of sp³-hybridized carbons (Fsp3) is 0.250. The average Bonchev–Trinajstić information content (AvgIpc) is 3.34. The van der Waals surface area contributed by atoms with Crippen LogP contribution in [0.1, 0.15) is 39.9 Å². The number of thiazole rings is 1. The van der Waals surface area contributed by atoms with Gasteiger partial charge in [-0.3, -0.25) is 4.79 Å². The third kappa shape index (κ3) is 4.99. The SMILES string of the molecule is COc1cc(/C=N/N(C(=O)c2ccc3c(c2)CCCC3)c2nc3ccc(F)cc3s2)cc(OC)c1OC. The number of methoxy groups -OCH3 is 3. The summed E-state index contributed by atoms with van der Waals surface area (Å²) in [7, 11) is 4.60. The number of aryl methyl sites for hydroxylation is 2. The molecule has 0 N–H and O–H groups in total. The number of benzene rings is 3. The number of hydrazone groups is 1. The summed E-state index contributed by atoms with van der Waals surface area (Å²) in [5.74, 6) is 0.697. The molecule has 4 aromatic rings. The highest BCUT2D eigenvalue weighted by Crippen LogP contribution is 2.38. The van der Waals surface area contributed by atoms with E-state index in [0.717, 1.165) is 25.7 Å². The minimum atomic E-state index is -0.365. The zero-order valence-electron chi connectivity index (χ0n) is 20.8. The zero-order valence-corrected chi connectivity index (χ0v) is 21.6. The number of nitrogens with zero attached hydrogens (tertiary/aromatic N) is 3. The van der Waals surface area contributed by atoms with Crippen LogP contribution in [-0.4, -0.2) is 38.4 Å². The van der Waals surface area contributed by atoms with E-state index in [0.29, 0.717) is 43.7 Å². The molecule has 37 heavy (non-hydrogen) atoms. The van der Waals surface area contributed by atoms with E-state index in [4.69, 9.17) is 14.2 Å². The molecule has 0 spiro atoms. The second kappa shape index (κ2) is 10.6. The Morgan fingerprint density at radius 2 is 1.70 bits per heavy atom. The molecule has 1 heterocycles. The Hall–Kier alpha value is -3.98. The number of hydrogen-bond donors (Lipinski definition) is 0. The summed E-state index contributed by atoms with van der Waals surface area (Å²) in [6.45, 7) is 0. The van der Waals surface area contributed by atoms with Gasteiger partial charge in [0.2, 0.25) is 10.9 Å². The Labute approximate surface area is 218 Å². The van der Waals surface area contributed by atoms with E-state index < -0.39 is 0 Å². The molecule has 0 saturated heterocycles. The topological polar surface area (TPSA) is 73.2 Å². The number of ether oxygens (including phenoxy) is 3. The largest absolute Gasteiger partial charge is 0.493 e. The van der Waals surface area contributed by atoms with E-state index in [1.54, 1.807) is 18.2 Å². The van der Waals surface area contributed by atoms with Gasteiger partial charge in [0.1, 0.15) is 5.82 Å². The standard InChI is InChI=1S/C28H26FN3O4S/c1-34-23-12-17(13-24(35-2)26(23)36-3)16-30-32(28-31-22-11-10-21(29)15-25(22)37-28)27(33)20-9-8-18-6-4-5-7-19(18)14-20/h8-16H,4-7H2,1-3H3/b30-16+. The van der Waals surface area contributed by atoms with Gasteiger partial charge in [-0.25, -0.2) is 9.37 Å². The Morgan fingerprint density at radius 3 is 2.41 bits per heavy atom. The normalized spacial score (nSPS) is 13.0. The first-order valence-corrected chi connectivity index (χ1v) is 12.7. The van der Waals surface area contributed by atoms with Gasteiger partial charge in [0.15, 0.2) is 11.5 Å². The van der Waals surface area contributed by atoms with Gasteiger partial charge in [-0.05, 0) is 79.3 Å². The highest BCUT2D eigenvalue weighted by molar-refractivity contribution is 7.22. The summed E-state index contributed by atoms with van der Waals surface area (Å²) in [5.41, 5.74) is 4.22. The van der Waals surface area contributed by atoms with E-state index in [2.05, 4.69) is 10.1 Å². The zero-order chi connectivity index (χ0) is 25.9. The lowest BCUT2D eigenvalue weighted by Gasteiger charge is -2.18. The lowest BCUT2D eigenvalue weighted by atomic mass is 9.90. The first-order chi connectivity index (χ1) is 18.0. The van der Waals surface area contributed by atoms with Crippen LogP contribution in [0.4, 0.5) is 9.52 Å². The molecule has 0 fully saturated rings. The van der Waals surface area contributed by atoms with Gasteiger partial charge in [0.25, 0.3) is 5.91 Å². The van der Waals surface area contributed by atoms with Gasteiger partial charge in [0, 0.05) is 11.1 Å². The van der Waals surface area contributed by atoms with Crippen molar-refractivity contribution in [1.82, 2.24) is 4.98 Å². The molecule has 3 aromatic carbocycles. The smallest absolute Gasteiger partial charge is 0.280 e. The molecule has 0 saturated carbocycles. The van der Waals surface area contributed by atoms with Crippen LogP contribution in [0.2, 0.25) is 0 Å². The second-order valence-electron chi connectivity index (χ2n) is 8.62. The molecule has 190 valence electrons. The number of carbonyl (C=O) groups is 1. The molecule has 1 aliphatic rings. The van der Waals surface area contributed by atoms with E-state index >= 15 is 0 Å². The van der Waals surface area contributed by atoms with Crippen molar-refractivity contribution in [1.29, 1.82) is 0 Å². The van der Waals surface area contributed by atoms with Gasteiger partial charge in [-0.2, -0.15) is 10.1 Å². The molecular weight excluding hydrogens is 493 g/mol. The van der Waals surface area contributed by atoms with Crippen LogP contribution < -0.4 is 19.2 Å². The van der Waals surface area contributed by atoms with Gasteiger partial charge >= 0.3 is 0 Å². The molecule has 0 bridgehead atoms. The van der Waals surface area contributed by atoms with Crippen LogP contribution in [0.3, 0.4) is 0 Å². The Balaban J connectivity index is 1.57. The number of aromatic nitrogens is 1. The minimum absolute atomic E-state index is 0.323. The van der Waals surface area contributed by atoms with Crippen LogP contribution in [0, 0.1) is 5.82 Å². The average molecular weight is 520 g/mol. The summed E-state index contributed by atoms with van der Waals surface area (Å²) < 4.78 is 30.7. The number of anilines is 1. The van der Waals surface area contributed by atoms with Gasteiger partial charge < -0.3 is 14.2 Å². The van der Waals surface area contributed by atoms with Crippen molar-refractivity contribution in [3.8, 4) is 17.2 Å². The molecule has 0 radical (unpaired) electrons. The molecule has 0 aliphatic heterocycles. The molecule has 9 heteroatoms. The summed E-state index contributed by atoms with van der Waals surface area (Å²) in [6.07, 6.45) is 5.78. The number of rotatable bonds is 7. The second-order valence-corrected chi connectivity index (χ2v) is 9.63. The van der Waals surface area contributed by atoms with Crippen LogP contribution in [0.25, 0.3) is 10.2 Å². The van der Waals surface area contributed by atoms with Crippen molar-refractivity contribution in [2.75, 3.05) is 26.3 Å². The van der Waals surface area contributed by atoms with Crippen molar-refractivity contribution < 1.29 is 23.4 Å². The fourth-order valence-electron chi connectivity index (χ4n) is 4.45. The molecule has 1 aromatic heterocycles. The van der Waals surface area contributed by atoms with Gasteiger partial charge in [-0.15, -0.1) is 0 Å². The molecule has 0 unspecified atom stereocenters. The first kappa shape index (κ1) is 24.7. The van der Waals surface area contributed by atoms with Crippen LogP contribution in [-0.2, 0) is 12.8 Å². The maximum atomic E-state index is 13.8. The Kier molecular flexibility index (Phi) is 7.05. The minimum Gasteiger partial charge on any atom is -0.493 e. The predicted molar refractivity (Wildman–Crippen MR) is 143 cm³/mol. The number of fused-ring (bicyclic) bond motifs is 2. The van der Waals surface area contributed by atoms with Gasteiger partial charge in [-0.1, -0.05) is 17.4 Å². The third-order valence-electron chi connectivity index (χ3n) is 6.32. The van der Waals surface area contributed by atoms with Crippen molar-refractivity contribution in [3.05, 3.63) is 76.6 Å². The lowest BCUT2D eigenvalue weighted by Crippen LogP contribution is -2.26. The Bertz CT molecular complexity index is 1480. The highest BCUT2D eigenvalue weighted by atomic mass is 32.1. The number of hydrogen-bond acceptors (Lipinski definition) is 7. The number of amides is 1. The monoisotopic (exact) mass is 519 g/mol. The van der Waals surface area contributed by atoms with Crippen molar-refractivity contribution in [2.24, 2.45) is 5.10 Å². The molecule has 5 rings (SSSR count). The van der Waals surface area contributed by atoms with E-state index in [9.17, 15) is 9.18 Å². The van der Waals surface area contributed by atoms with E-state index in [1.807, 2.05) is 18.2 Å².